The van der Waals surface area contributed by atoms with Gasteiger partial charge < -0.3 is 4.42 Å². The zero-order valence-electron chi connectivity index (χ0n) is 8.49. The molecule has 0 saturated heterocycles. The minimum atomic E-state index is 0.499. The van der Waals surface area contributed by atoms with Crippen LogP contribution in [0.5, 0.6) is 0 Å². The zero-order chi connectivity index (χ0) is 11.4. The van der Waals surface area contributed by atoms with Crippen molar-refractivity contribution in [1.29, 1.82) is 0 Å². The summed E-state index contributed by atoms with van der Waals surface area (Å²) >= 11 is 9.01. The molecule has 0 aliphatic rings. The number of halogens is 2. The lowest BCUT2D eigenvalue weighted by Crippen LogP contribution is -1.87. The molecule has 0 radical (unpaired) electrons. The van der Waals surface area contributed by atoms with E-state index in [-0.39, 0.29) is 0 Å². The maximum Gasteiger partial charge on any atom is 0.220 e. The van der Waals surface area contributed by atoms with Crippen molar-refractivity contribution in [3.8, 4) is 0 Å². The molecule has 0 fully saturated rings. The predicted molar refractivity (Wildman–Crippen MR) is 65.7 cm³/mol. The van der Waals surface area contributed by atoms with Crippen LogP contribution in [0.15, 0.2) is 33.2 Å². The number of hydrogen-bond donors (Lipinski definition) is 0. The molecule has 0 aliphatic carbocycles. The maximum absolute atomic E-state index is 5.59. The molecule has 5 heteroatoms. The molecule has 0 atom stereocenters. The molecule has 1 heterocycles. The van der Waals surface area contributed by atoms with Crippen molar-refractivity contribution >= 4 is 27.5 Å². The normalized spacial score (nSPS) is 10.6. The van der Waals surface area contributed by atoms with Gasteiger partial charge >= 0.3 is 0 Å². The Hall–Kier alpha value is -0.870. The fourth-order valence-electron chi connectivity index (χ4n) is 1.36. The SMILES string of the molecule is ClCCc1nnc(Cc2cccc(Br)c2)o1. The highest BCUT2D eigenvalue weighted by Crippen LogP contribution is 2.14. The Kier molecular flexibility index (Phi) is 3.96. The van der Waals surface area contributed by atoms with E-state index < -0.39 is 0 Å². The molecule has 0 spiro atoms. The molecule has 0 aliphatic heterocycles. The Labute approximate surface area is 107 Å². The fourth-order valence-corrected chi connectivity index (χ4v) is 1.97. The van der Waals surface area contributed by atoms with Crippen LogP contribution >= 0.6 is 27.5 Å². The van der Waals surface area contributed by atoms with Crippen LogP contribution in [0, 0.1) is 0 Å². The molecule has 0 unspecified atom stereocenters. The number of nitrogens with zero attached hydrogens (tertiary/aromatic N) is 2. The first kappa shape index (κ1) is 11.6. The van der Waals surface area contributed by atoms with Gasteiger partial charge in [0.25, 0.3) is 0 Å². The molecule has 1 aromatic heterocycles. The van der Waals surface area contributed by atoms with Gasteiger partial charge in [-0.3, -0.25) is 0 Å². The molecule has 0 saturated carbocycles. The van der Waals surface area contributed by atoms with Crippen LogP contribution in [0.2, 0.25) is 0 Å². The van der Waals surface area contributed by atoms with Crippen molar-refractivity contribution in [2.45, 2.75) is 12.8 Å². The number of benzene rings is 1. The summed E-state index contributed by atoms with van der Waals surface area (Å²) in [5.74, 6) is 1.72. The summed E-state index contributed by atoms with van der Waals surface area (Å²) < 4.78 is 6.49. The third-order valence-electron chi connectivity index (χ3n) is 2.06. The highest BCUT2D eigenvalue weighted by Gasteiger charge is 2.06. The summed E-state index contributed by atoms with van der Waals surface area (Å²) in [5, 5.41) is 7.88. The summed E-state index contributed by atoms with van der Waals surface area (Å²) in [6.45, 7) is 0. The average molecular weight is 302 g/mol. The van der Waals surface area contributed by atoms with E-state index in [4.69, 9.17) is 16.0 Å². The number of aromatic nitrogens is 2. The zero-order valence-corrected chi connectivity index (χ0v) is 10.8. The molecule has 1 aromatic carbocycles. The van der Waals surface area contributed by atoms with E-state index >= 15 is 0 Å². The first-order valence-electron chi connectivity index (χ1n) is 4.89. The number of rotatable bonds is 4. The first-order chi connectivity index (χ1) is 7.78. The second-order valence-corrected chi connectivity index (χ2v) is 4.63. The lowest BCUT2D eigenvalue weighted by atomic mass is 10.1. The average Bonchev–Trinajstić information content (AvgIpc) is 2.66. The number of aryl methyl sites for hydroxylation is 1. The van der Waals surface area contributed by atoms with Crippen LogP contribution in [0.25, 0.3) is 0 Å². The second kappa shape index (κ2) is 5.46. The van der Waals surface area contributed by atoms with Gasteiger partial charge in [-0.1, -0.05) is 28.1 Å². The van der Waals surface area contributed by atoms with Crippen molar-refractivity contribution in [2.75, 3.05) is 5.88 Å². The molecule has 0 bridgehead atoms. The highest BCUT2D eigenvalue weighted by molar-refractivity contribution is 9.10. The van der Waals surface area contributed by atoms with Crippen LogP contribution in [-0.4, -0.2) is 16.1 Å². The molecule has 2 rings (SSSR count). The highest BCUT2D eigenvalue weighted by atomic mass is 79.9. The number of alkyl halides is 1. The van der Waals surface area contributed by atoms with E-state index in [9.17, 15) is 0 Å². The molecule has 16 heavy (non-hydrogen) atoms. The van der Waals surface area contributed by atoms with Gasteiger partial charge in [-0.2, -0.15) is 0 Å². The van der Waals surface area contributed by atoms with Gasteiger partial charge in [-0.05, 0) is 17.7 Å². The summed E-state index contributed by atoms with van der Waals surface area (Å²) in [6.07, 6.45) is 1.27. The van der Waals surface area contributed by atoms with Gasteiger partial charge in [0.1, 0.15) is 0 Å². The largest absolute Gasteiger partial charge is 0.425 e. The Morgan fingerprint density at radius 3 is 2.81 bits per heavy atom. The minimum absolute atomic E-state index is 0.499. The first-order valence-corrected chi connectivity index (χ1v) is 6.22. The van der Waals surface area contributed by atoms with Gasteiger partial charge in [-0.25, -0.2) is 0 Å². The van der Waals surface area contributed by atoms with Crippen molar-refractivity contribution in [3.63, 3.8) is 0 Å². The summed E-state index contributed by atoms with van der Waals surface area (Å²) in [5.41, 5.74) is 1.13. The molecule has 3 nitrogen and oxygen atoms in total. The lowest BCUT2D eigenvalue weighted by molar-refractivity contribution is 0.463. The fraction of sp³-hybridized carbons (Fsp3) is 0.273. The van der Waals surface area contributed by atoms with Gasteiger partial charge in [0, 0.05) is 16.8 Å². The maximum atomic E-state index is 5.59. The van der Waals surface area contributed by atoms with E-state index in [2.05, 4.69) is 26.1 Å². The van der Waals surface area contributed by atoms with Crippen LogP contribution in [-0.2, 0) is 12.8 Å². The Bertz CT molecular complexity index is 473. The van der Waals surface area contributed by atoms with Crippen LogP contribution in [0.4, 0.5) is 0 Å². The molecular weight excluding hydrogens is 291 g/mol. The quantitative estimate of drug-likeness (QED) is 0.814. The van der Waals surface area contributed by atoms with Crippen LogP contribution < -0.4 is 0 Å². The van der Waals surface area contributed by atoms with E-state index in [1.165, 1.54) is 0 Å². The van der Waals surface area contributed by atoms with Crippen LogP contribution in [0.1, 0.15) is 17.3 Å². The molecule has 0 amide bonds. The smallest absolute Gasteiger partial charge is 0.220 e. The Morgan fingerprint density at radius 1 is 1.25 bits per heavy atom. The Balaban J connectivity index is 2.08. The summed E-state index contributed by atoms with van der Waals surface area (Å²) in [4.78, 5) is 0. The van der Waals surface area contributed by atoms with Crippen LogP contribution in [0.3, 0.4) is 0 Å². The topological polar surface area (TPSA) is 38.9 Å². The molecule has 2 aromatic rings. The van der Waals surface area contributed by atoms with Gasteiger partial charge in [-0.15, -0.1) is 21.8 Å². The third kappa shape index (κ3) is 3.06. The minimum Gasteiger partial charge on any atom is -0.425 e. The Morgan fingerprint density at radius 2 is 2.06 bits per heavy atom. The van der Waals surface area contributed by atoms with Crippen molar-refractivity contribution in [3.05, 3.63) is 46.1 Å². The monoisotopic (exact) mass is 300 g/mol. The lowest BCUT2D eigenvalue weighted by Gasteiger charge is -1.97. The molecular formula is C11H10BrClN2O. The standard InChI is InChI=1S/C11H10BrClN2O/c12-9-3-1-2-8(6-9)7-11-15-14-10(16-11)4-5-13/h1-3,6H,4-5,7H2. The summed E-state index contributed by atoms with van der Waals surface area (Å²) in [7, 11) is 0. The van der Waals surface area contributed by atoms with Crippen molar-refractivity contribution < 1.29 is 4.42 Å². The van der Waals surface area contributed by atoms with E-state index in [1.807, 2.05) is 24.3 Å². The van der Waals surface area contributed by atoms with Gasteiger partial charge in [0.15, 0.2) is 0 Å². The van der Waals surface area contributed by atoms with Gasteiger partial charge in [0.05, 0.1) is 6.42 Å². The molecule has 0 N–H and O–H groups in total. The van der Waals surface area contributed by atoms with E-state index in [1.54, 1.807) is 0 Å². The van der Waals surface area contributed by atoms with E-state index in [0.29, 0.717) is 30.5 Å². The molecule has 84 valence electrons. The third-order valence-corrected chi connectivity index (χ3v) is 2.74. The van der Waals surface area contributed by atoms with E-state index in [0.717, 1.165) is 10.0 Å². The van der Waals surface area contributed by atoms with Crippen molar-refractivity contribution in [2.24, 2.45) is 0 Å². The number of hydrogen-bond acceptors (Lipinski definition) is 3. The van der Waals surface area contributed by atoms with Crippen molar-refractivity contribution in [1.82, 2.24) is 10.2 Å². The predicted octanol–water partition coefficient (Wildman–Crippen LogP) is 3.20. The summed E-state index contributed by atoms with van der Waals surface area (Å²) in [6, 6.07) is 8.02. The van der Waals surface area contributed by atoms with Gasteiger partial charge in [0.2, 0.25) is 11.8 Å². The second-order valence-electron chi connectivity index (χ2n) is 3.34.